The molecule has 0 unspecified atom stereocenters. The number of rotatable bonds is 4. The molecule has 0 radical (unpaired) electrons. The second-order valence-corrected chi connectivity index (χ2v) is 3.93. The minimum absolute atomic E-state index is 0. The third-order valence-electron chi connectivity index (χ3n) is 0.892. The molecule has 0 aromatic rings. The van der Waals surface area contributed by atoms with E-state index in [1.165, 1.54) is 0 Å². The summed E-state index contributed by atoms with van der Waals surface area (Å²) in [5.41, 5.74) is 0. The van der Waals surface area contributed by atoms with E-state index in [1.807, 2.05) is 0 Å². The van der Waals surface area contributed by atoms with Crippen LogP contribution in [0.15, 0.2) is 0 Å². The third-order valence-corrected chi connectivity index (χ3v) is 1.47. The molecule has 7 heteroatoms. The first-order valence-corrected chi connectivity index (χ1v) is 4.66. The monoisotopic (exact) mass is 288 g/mol. The van der Waals surface area contributed by atoms with Crippen molar-refractivity contribution in [3.05, 3.63) is 0 Å². The van der Waals surface area contributed by atoms with Crippen LogP contribution in [0.1, 0.15) is 6.42 Å². The van der Waals surface area contributed by atoms with E-state index >= 15 is 0 Å². The predicted molar refractivity (Wildman–Crippen MR) is 60.5 cm³/mol. The van der Waals surface area contributed by atoms with Gasteiger partial charge in [-0.05, 0) is 6.42 Å². The molecule has 0 atom stereocenters. The van der Waals surface area contributed by atoms with E-state index in [2.05, 4.69) is 60.3 Å². The van der Waals surface area contributed by atoms with Crippen LogP contribution in [0.25, 0.3) is 0 Å². The Hall–Kier alpha value is 0.843. The summed E-state index contributed by atoms with van der Waals surface area (Å²) >= 11 is 18.5. The van der Waals surface area contributed by atoms with Crippen LogP contribution in [0.5, 0.6) is 0 Å². The van der Waals surface area contributed by atoms with Crippen molar-refractivity contribution in [2.45, 2.75) is 6.42 Å². The van der Waals surface area contributed by atoms with E-state index in [1.54, 1.807) is 0 Å². The summed E-state index contributed by atoms with van der Waals surface area (Å²) in [6.07, 6.45) is 0.910. The average Bonchev–Trinajstić information content (AvgIpc) is 1.85. The zero-order chi connectivity index (χ0) is 8.69. The minimum atomic E-state index is 0. The molecule has 0 aliphatic rings. The summed E-state index contributed by atoms with van der Waals surface area (Å²) in [5.74, 6) is 0. The molecule has 0 aromatic heterocycles. The van der Waals surface area contributed by atoms with Gasteiger partial charge in [0.15, 0.2) is 0 Å². The van der Waals surface area contributed by atoms with Crippen molar-refractivity contribution in [1.29, 1.82) is 0 Å². The zero-order valence-corrected chi connectivity index (χ0v) is 12.7. The standard InChI is InChI=1S/C5H10N2S4.Zn/c8-4(9)6-2-1-3-7-5(10)11;/h1-3H2,(H2,6,8,9)(H2,7,10,11);/q;+2/p-2. The second-order valence-electron chi connectivity index (χ2n) is 1.78. The Morgan fingerprint density at radius 2 is 1.33 bits per heavy atom. The normalized spacial score (nSPS) is 8.00. The molecule has 0 aliphatic heterocycles. The van der Waals surface area contributed by atoms with Crippen LogP contribution in [0.3, 0.4) is 0 Å². The fourth-order valence-corrected chi connectivity index (χ4v) is 0.878. The first kappa shape index (κ1) is 15.3. The molecule has 2 N–H and O–H groups in total. The Labute approximate surface area is 107 Å². The van der Waals surface area contributed by atoms with Crippen molar-refractivity contribution in [3.8, 4) is 0 Å². The van der Waals surface area contributed by atoms with Crippen molar-refractivity contribution in [2.75, 3.05) is 13.1 Å². The van der Waals surface area contributed by atoms with Gasteiger partial charge in [-0.1, -0.05) is 8.64 Å². The third kappa shape index (κ3) is 13.4. The van der Waals surface area contributed by atoms with E-state index in [9.17, 15) is 0 Å². The topological polar surface area (TPSA) is 24.1 Å². The summed E-state index contributed by atoms with van der Waals surface area (Å²) in [4.78, 5) is 0. The maximum Gasteiger partial charge on any atom is 2.00 e. The van der Waals surface area contributed by atoms with Gasteiger partial charge in [-0.25, -0.2) is 0 Å². The Morgan fingerprint density at radius 3 is 1.58 bits per heavy atom. The molecule has 0 bridgehead atoms. The molecule has 0 saturated carbocycles. The van der Waals surface area contributed by atoms with Crippen molar-refractivity contribution in [2.24, 2.45) is 0 Å². The summed E-state index contributed by atoms with van der Waals surface area (Å²) in [5, 5.41) is 5.70. The van der Waals surface area contributed by atoms with Crippen LogP contribution in [-0.4, -0.2) is 21.7 Å². The predicted octanol–water partition coefficient (Wildman–Crippen LogP) is 0.217. The molecular weight excluding hydrogens is 282 g/mol. The van der Waals surface area contributed by atoms with E-state index in [4.69, 9.17) is 0 Å². The number of nitrogens with one attached hydrogen (secondary N) is 2. The van der Waals surface area contributed by atoms with Gasteiger partial charge >= 0.3 is 19.5 Å². The number of hydrogen-bond donors (Lipinski definition) is 2. The molecule has 0 spiro atoms. The molecule has 0 fully saturated rings. The van der Waals surface area contributed by atoms with Crippen LogP contribution < -0.4 is 10.6 Å². The Bertz CT molecular complexity index is 136. The van der Waals surface area contributed by atoms with E-state index in [-0.39, 0.29) is 19.5 Å². The SMILES string of the molecule is S=C([S-])NCCCNC(=S)[S-].[Zn+2]. The van der Waals surface area contributed by atoms with Gasteiger partial charge in [0.25, 0.3) is 0 Å². The van der Waals surface area contributed by atoms with Gasteiger partial charge in [-0.2, -0.15) is 0 Å². The number of hydrogen-bond acceptors (Lipinski definition) is 4. The van der Waals surface area contributed by atoms with Gasteiger partial charge in [-0.3, -0.25) is 0 Å². The van der Waals surface area contributed by atoms with E-state index in [0.29, 0.717) is 8.64 Å². The van der Waals surface area contributed by atoms with Crippen LogP contribution in [0, 0.1) is 0 Å². The Kier molecular flexibility index (Phi) is 12.7. The molecule has 0 rings (SSSR count). The fraction of sp³-hybridized carbons (Fsp3) is 0.600. The van der Waals surface area contributed by atoms with Crippen molar-refractivity contribution >= 4 is 58.3 Å². The summed E-state index contributed by atoms with van der Waals surface area (Å²) in [7, 11) is 0. The minimum Gasteiger partial charge on any atom is -0.412 e. The molecule has 0 aromatic carbocycles. The van der Waals surface area contributed by atoms with Crippen molar-refractivity contribution < 1.29 is 19.5 Å². The van der Waals surface area contributed by atoms with Crippen molar-refractivity contribution in [1.82, 2.24) is 10.6 Å². The first-order valence-electron chi connectivity index (χ1n) is 3.02. The zero-order valence-electron chi connectivity index (χ0n) is 6.46. The molecule has 0 amide bonds. The van der Waals surface area contributed by atoms with Gasteiger partial charge in [-0.15, -0.1) is 0 Å². The smallest absolute Gasteiger partial charge is 0.412 e. The molecule has 2 nitrogen and oxygen atoms in total. The number of thiocarbonyl (C=S) groups is 2. The molecule has 0 saturated heterocycles. The quantitative estimate of drug-likeness (QED) is 0.332. The molecular formula is C5H8N2S4Zn. The maximum atomic E-state index is 4.63. The fourth-order valence-electron chi connectivity index (χ4n) is 0.469. The van der Waals surface area contributed by atoms with Gasteiger partial charge < -0.3 is 60.3 Å². The maximum absolute atomic E-state index is 4.63. The largest absolute Gasteiger partial charge is 2.00 e. The molecule has 0 aliphatic carbocycles. The van der Waals surface area contributed by atoms with Crippen LogP contribution >= 0.6 is 24.4 Å². The van der Waals surface area contributed by atoms with Gasteiger partial charge in [0.05, 0.1) is 0 Å². The van der Waals surface area contributed by atoms with Gasteiger partial charge in [0.2, 0.25) is 0 Å². The molecule has 64 valence electrons. The summed E-state index contributed by atoms with van der Waals surface area (Å²) < 4.78 is 0.817. The van der Waals surface area contributed by atoms with E-state index < -0.39 is 0 Å². The Morgan fingerprint density at radius 1 is 1.00 bits per heavy atom. The summed E-state index contributed by atoms with van der Waals surface area (Å²) in [6.45, 7) is 1.54. The Balaban J connectivity index is 0. The van der Waals surface area contributed by atoms with Crippen LogP contribution in [-0.2, 0) is 44.7 Å². The van der Waals surface area contributed by atoms with Crippen LogP contribution in [0.2, 0.25) is 0 Å². The van der Waals surface area contributed by atoms with E-state index in [0.717, 1.165) is 19.5 Å². The summed E-state index contributed by atoms with van der Waals surface area (Å²) in [6, 6.07) is 0. The first-order chi connectivity index (χ1) is 5.13. The molecule has 0 heterocycles. The average molecular weight is 290 g/mol. The van der Waals surface area contributed by atoms with Crippen molar-refractivity contribution in [3.63, 3.8) is 0 Å². The van der Waals surface area contributed by atoms with Gasteiger partial charge in [0.1, 0.15) is 0 Å². The van der Waals surface area contributed by atoms with Gasteiger partial charge in [0, 0.05) is 13.1 Å². The molecule has 12 heavy (non-hydrogen) atoms. The van der Waals surface area contributed by atoms with Crippen LogP contribution in [0.4, 0.5) is 0 Å². The second kappa shape index (κ2) is 9.93.